The lowest BCUT2D eigenvalue weighted by Gasteiger charge is -2.08. The molecule has 0 saturated carbocycles. The van der Waals surface area contributed by atoms with Gasteiger partial charge in [-0.2, -0.15) is 5.26 Å². The third-order valence-corrected chi connectivity index (χ3v) is 2.92. The zero-order chi connectivity index (χ0) is 13.3. The first-order valence-electron chi connectivity index (χ1n) is 5.79. The van der Waals surface area contributed by atoms with E-state index in [2.05, 4.69) is 21.5 Å². The predicted octanol–water partition coefficient (Wildman–Crippen LogP) is 1.93. The molecule has 0 aliphatic carbocycles. The molecule has 94 valence electrons. The Balaban J connectivity index is 2.42. The summed E-state index contributed by atoms with van der Waals surface area (Å²) in [4.78, 5) is 0. The number of nitriles is 1. The average molecular weight is 245 g/mol. The van der Waals surface area contributed by atoms with Gasteiger partial charge in [0, 0.05) is 5.56 Å². The van der Waals surface area contributed by atoms with Crippen molar-refractivity contribution in [2.45, 2.75) is 40.2 Å². The summed E-state index contributed by atoms with van der Waals surface area (Å²) in [5.41, 5.74) is 3.07. The fourth-order valence-electron chi connectivity index (χ4n) is 1.97. The highest BCUT2D eigenvalue weighted by Crippen LogP contribution is 2.20. The Morgan fingerprint density at radius 2 is 2.11 bits per heavy atom. The lowest BCUT2D eigenvalue weighted by molar-refractivity contribution is 0.391. The highest BCUT2D eigenvalue weighted by Gasteiger charge is 2.18. The minimum atomic E-state index is 0.190. The Labute approximate surface area is 105 Å². The molecule has 0 unspecified atom stereocenters. The largest absolute Gasteiger partial charge is 0.361 e. The molecule has 0 aliphatic rings. The summed E-state index contributed by atoms with van der Waals surface area (Å²) in [5, 5.41) is 20.9. The molecule has 0 amide bonds. The van der Waals surface area contributed by atoms with Crippen molar-refractivity contribution >= 4 is 0 Å². The van der Waals surface area contributed by atoms with E-state index < -0.39 is 0 Å². The number of nitrogens with zero attached hydrogens (tertiary/aromatic N) is 5. The second-order valence-electron chi connectivity index (χ2n) is 4.55. The van der Waals surface area contributed by atoms with Crippen LogP contribution >= 0.6 is 0 Å². The average Bonchev–Trinajstić information content (AvgIpc) is 2.87. The zero-order valence-corrected chi connectivity index (χ0v) is 10.9. The molecule has 0 fully saturated rings. The fourth-order valence-corrected chi connectivity index (χ4v) is 1.97. The van der Waals surface area contributed by atoms with Crippen molar-refractivity contribution in [3.8, 4) is 6.07 Å². The summed E-state index contributed by atoms with van der Waals surface area (Å²) >= 11 is 0. The maximum Gasteiger partial charge on any atom is 0.186 e. The minimum Gasteiger partial charge on any atom is -0.361 e. The summed E-state index contributed by atoms with van der Waals surface area (Å²) < 4.78 is 6.87. The second-order valence-corrected chi connectivity index (χ2v) is 4.55. The second kappa shape index (κ2) is 4.61. The maximum atomic E-state index is 9.02. The molecule has 18 heavy (non-hydrogen) atoms. The van der Waals surface area contributed by atoms with Crippen LogP contribution in [0.5, 0.6) is 0 Å². The van der Waals surface area contributed by atoms with Gasteiger partial charge in [0.25, 0.3) is 0 Å². The lowest BCUT2D eigenvalue weighted by Crippen LogP contribution is -2.09. The van der Waals surface area contributed by atoms with E-state index in [9.17, 15) is 0 Å². The molecule has 0 saturated heterocycles. The van der Waals surface area contributed by atoms with E-state index in [4.69, 9.17) is 9.78 Å². The van der Waals surface area contributed by atoms with Gasteiger partial charge in [-0.05, 0) is 19.8 Å². The van der Waals surface area contributed by atoms with E-state index in [1.54, 1.807) is 4.68 Å². The number of aryl methyl sites for hydroxylation is 2. The van der Waals surface area contributed by atoms with Crippen molar-refractivity contribution in [2.75, 3.05) is 0 Å². The van der Waals surface area contributed by atoms with Gasteiger partial charge in [0.05, 0.1) is 17.9 Å². The van der Waals surface area contributed by atoms with Crippen molar-refractivity contribution < 1.29 is 4.52 Å². The molecule has 0 aliphatic heterocycles. The highest BCUT2D eigenvalue weighted by molar-refractivity contribution is 5.29. The van der Waals surface area contributed by atoms with Crippen molar-refractivity contribution in [1.82, 2.24) is 20.2 Å². The van der Waals surface area contributed by atoms with Gasteiger partial charge in [-0.15, -0.1) is 5.10 Å². The van der Waals surface area contributed by atoms with Crippen molar-refractivity contribution in [3.63, 3.8) is 0 Å². The Bertz CT molecular complexity index is 583. The predicted molar refractivity (Wildman–Crippen MR) is 63.9 cm³/mol. The molecular formula is C12H15N5O. The van der Waals surface area contributed by atoms with Gasteiger partial charge in [-0.3, -0.25) is 0 Å². The Morgan fingerprint density at radius 3 is 2.61 bits per heavy atom. The standard InChI is InChI=1S/C12H15N5O/c1-7(2)12-11(5-13)14-16-17(12)6-10-8(3)15-18-9(10)4/h7H,6H2,1-4H3. The van der Waals surface area contributed by atoms with Crippen molar-refractivity contribution in [3.05, 3.63) is 28.4 Å². The Hall–Kier alpha value is -2.16. The van der Waals surface area contributed by atoms with Gasteiger partial charge < -0.3 is 4.52 Å². The van der Waals surface area contributed by atoms with Gasteiger partial charge in [0.15, 0.2) is 5.69 Å². The minimum absolute atomic E-state index is 0.190. The Kier molecular flexibility index (Phi) is 3.15. The molecule has 2 aromatic heterocycles. The van der Waals surface area contributed by atoms with Crippen LogP contribution in [0.25, 0.3) is 0 Å². The normalized spacial score (nSPS) is 10.9. The molecule has 0 spiro atoms. The van der Waals surface area contributed by atoms with Crippen LogP contribution in [-0.2, 0) is 6.54 Å². The summed E-state index contributed by atoms with van der Waals surface area (Å²) in [5.74, 6) is 0.964. The molecule has 6 heteroatoms. The van der Waals surface area contributed by atoms with E-state index in [-0.39, 0.29) is 5.92 Å². The van der Waals surface area contributed by atoms with E-state index in [0.717, 1.165) is 22.7 Å². The quantitative estimate of drug-likeness (QED) is 0.825. The van der Waals surface area contributed by atoms with Crippen LogP contribution in [0.15, 0.2) is 4.52 Å². The Morgan fingerprint density at radius 1 is 1.39 bits per heavy atom. The van der Waals surface area contributed by atoms with Crippen molar-refractivity contribution in [1.29, 1.82) is 5.26 Å². The topological polar surface area (TPSA) is 80.5 Å². The molecule has 2 aromatic rings. The first-order chi connectivity index (χ1) is 8.54. The first-order valence-corrected chi connectivity index (χ1v) is 5.79. The van der Waals surface area contributed by atoms with E-state index in [1.807, 2.05) is 27.7 Å². The molecule has 2 rings (SSSR count). The van der Waals surface area contributed by atoms with Gasteiger partial charge in [-0.1, -0.05) is 24.2 Å². The summed E-state index contributed by atoms with van der Waals surface area (Å²) in [6, 6.07) is 2.07. The number of aromatic nitrogens is 4. The summed E-state index contributed by atoms with van der Waals surface area (Å²) in [6.07, 6.45) is 0. The van der Waals surface area contributed by atoms with Crippen LogP contribution in [0, 0.1) is 25.2 Å². The third kappa shape index (κ3) is 1.99. The summed E-state index contributed by atoms with van der Waals surface area (Å²) in [7, 11) is 0. The lowest BCUT2D eigenvalue weighted by atomic mass is 10.1. The summed E-state index contributed by atoms with van der Waals surface area (Å²) in [6.45, 7) is 8.33. The third-order valence-electron chi connectivity index (χ3n) is 2.92. The van der Waals surface area contributed by atoms with E-state index in [1.165, 1.54) is 0 Å². The van der Waals surface area contributed by atoms with Crippen LogP contribution in [0.4, 0.5) is 0 Å². The fraction of sp³-hybridized carbons (Fsp3) is 0.500. The first kappa shape index (κ1) is 12.3. The molecule has 0 bridgehead atoms. The molecular weight excluding hydrogens is 230 g/mol. The van der Waals surface area contributed by atoms with Crippen molar-refractivity contribution in [2.24, 2.45) is 0 Å². The van der Waals surface area contributed by atoms with Gasteiger partial charge in [-0.25, -0.2) is 4.68 Å². The van der Waals surface area contributed by atoms with Crippen LogP contribution in [0.3, 0.4) is 0 Å². The maximum absolute atomic E-state index is 9.02. The van der Waals surface area contributed by atoms with Crippen LogP contribution < -0.4 is 0 Å². The van der Waals surface area contributed by atoms with Crippen LogP contribution in [-0.4, -0.2) is 20.2 Å². The smallest absolute Gasteiger partial charge is 0.186 e. The molecule has 0 N–H and O–H groups in total. The molecule has 0 radical (unpaired) electrons. The number of rotatable bonds is 3. The monoisotopic (exact) mass is 245 g/mol. The van der Waals surface area contributed by atoms with Gasteiger partial charge in [0.1, 0.15) is 11.8 Å². The van der Waals surface area contributed by atoms with Gasteiger partial charge in [0.2, 0.25) is 0 Å². The van der Waals surface area contributed by atoms with E-state index in [0.29, 0.717) is 12.2 Å². The van der Waals surface area contributed by atoms with E-state index >= 15 is 0 Å². The number of hydrogen-bond acceptors (Lipinski definition) is 5. The zero-order valence-electron chi connectivity index (χ0n) is 10.9. The van der Waals surface area contributed by atoms with Gasteiger partial charge >= 0.3 is 0 Å². The molecule has 2 heterocycles. The van der Waals surface area contributed by atoms with Crippen LogP contribution in [0.2, 0.25) is 0 Å². The number of hydrogen-bond donors (Lipinski definition) is 0. The molecule has 0 aromatic carbocycles. The van der Waals surface area contributed by atoms with Crippen LogP contribution in [0.1, 0.15) is 48.2 Å². The highest BCUT2D eigenvalue weighted by atomic mass is 16.5. The molecule has 6 nitrogen and oxygen atoms in total. The SMILES string of the molecule is Cc1noc(C)c1Cn1nnc(C#N)c1C(C)C. The molecule has 0 atom stereocenters.